The van der Waals surface area contributed by atoms with E-state index in [0.717, 1.165) is 21.0 Å². The highest BCUT2D eigenvalue weighted by Crippen LogP contribution is 2.25. The monoisotopic (exact) mass is 478 g/mol. The Kier molecular flexibility index (Phi) is 8.86. The Hall–Kier alpha value is -3.36. The van der Waals surface area contributed by atoms with Gasteiger partial charge < -0.3 is 10.1 Å². The van der Waals surface area contributed by atoms with E-state index in [-0.39, 0.29) is 5.91 Å². The summed E-state index contributed by atoms with van der Waals surface area (Å²) in [6, 6.07) is 19.9. The van der Waals surface area contributed by atoms with E-state index in [0.29, 0.717) is 16.9 Å². The fourth-order valence-electron chi connectivity index (χ4n) is 2.85. The number of para-hydroxylation sites is 1. The van der Waals surface area contributed by atoms with Gasteiger partial charge in [-0.05, 0) is 35.6 Å². The molecule has 1 amide bonds. The Bertz CT molecular complexity index is 1260. The van der Waals surface area contributed by atoms with Gasteiger partial charge in [-0.2, -0.15) is 5.10 Å². The molecular formula is C25H26N4O2S2. The molecule has 3 aromatic heterocycles. The minimum absolute atomic E-state index is 0.0842. The van der Waals surface area contributed by atoms with Crippen LogP contribution in [0.25, 0.3) is 21.0 Å². The molecule has 5 aromatic rings. The van der Waals surface area contributed by atoms with Crippen LogP contribution in [-0.4, -0.2) is 28.2 Å². The second-order valence-corrected chi connectivity index (χ2v) is 9.29. The van der Waals surface area contributed by atoms with Crippen LogP contribution in [0.3, 0.4) is 0 Å². The molecule has 2 aromatic carbocycles. The molecular weight excluding hydrogens is 452 g/mol. The molecule has 3 heterocycles. The van der Waals surface area contributed by atoms with Gasteiger partial charge in [0.15, 0.2) is 5.13 Å². The molecule has 0 aliphatic carbocycles. The second kappa shape index (κ2) is 12.0. The number of nitrogens with zero attached hydrogens (tertiary/aromatic N) is 3. The van der Waals surface area contributed by atoms with Gasteiger partial charge in [0.25, 0.3) is 0 Å². The van der Waals surface area contributed by atoms with E-state index >= 15 is 0 Å². The standard InChI is InChI=1S/C9H8N2OS.C9H8N2O.C7H10S/c1-6(12)10-9-11-7-4-2-3-5-8(7)13-9;1-12-9-8-5-3-2-4-7(8)6-10-11-9;1-6(2)7-4-3-5-8-7/h2-5H,1H3,(H,10,11,12);2-6H,1H3;3-6H,1-2H3. The zero-order valence-corrected chi connectivity index (χ0v) is 20.6. The van der Waals surface area contributed by atoms with Crippen molar-refractivity contribution in [3.05, 3.63) is 77.1 Å². The number of carbonyl (C=O) groups excluding carboxylic acids is 1. The predicted molar refractivity (Wildman–Crippen MR) is 138 cm³/mol. The first kappa shape index (κ1) is 24.3. The molecule has 0 fully saturated rings. The van der Waals surface area contributed by atoms with E-state index in [9.17, 15) is 4.79 Å². The van der Waals surface area contributed by atoms with Gasteiger partial charge in [0.1, 0.15) is 0 Å². The lowest BCUT2D eigenvalue weighted by Crippen LogP contribution is -2.04. The molecule has 0 bridgehead atoms. The number of nitrogens with one attached hydrogen (secondary N) is 1. The highest BCUT2D eigenvalue weighted by molar-refractivity contribution is 7.22. The summed E-state index contributed by atoms with van der Waals surface area (Å²) in [5, 5.41) is 15.1. The van der Waals surface area contributed by atoms with E-state index in [2.05, 4.69) is 51.9 Å². The third-order valence-corrected chi connectivity index (χ3v) is 6.54. The predicted octanol–water partition coefficient (Wildman–Crippen LogP) is 6.76. The Balaban J connectivity index is 0.000000143. The molecule has 5 rings (SSSR count). The van der Waals surface area contributed by atoms with Crippen LogP contribution in [-0.2, 0) is 4.79 Å². The number of anilines is 1. The Labute approximate surface area is 201 Å². The lowest BCUT2D eigenvalue weighted by atomic mass is 10.2. The molecule has 0 saturated heterocycles. The van der Waals surface area contributed by atoms with Crippen molar-refractivity contribution in [2.24, 2.45) is 0 Å². The number of amides is 1. The molecule has 0 unspecified atom stereocenters. The third kappa shape index (κ3) is 7.06. The average molecular weight is 479 g/mol. The summed E-state index contributed by atoms with van der Waals surface area (Å²) in [6.07, 6.45) is 1.72. The minimum Gasteiger partial charge on any atom is -0.479 e. The first-order chi connectivity index (χ1) is 16.0. The number of thiazole rings is 1. The number of fused-ring (bicyclic) bond motifs is 2. The first-order valence-electron chi connectivity index (χ1n) is 10.4. The highest BCUT2D eigenvalue weighted by atomic mass is 32.1. The summed E-state index contributed by atoms with van der Waals surface area (Å²) in [6.45, 7) is 5.91. The van der Waals surface area contributed by atoms with Crippen LogP contribution < -0.4 is 10.1 Å². The van der Waals surface area contributed by atoms with Crippen molar-refractivity contribution in [1.29, 1.82) is 0 Å². The smallest absolute Gasteiger partial charge is 0.241 e. The van der Waals surface area contributed by atoms with Gasteiger partial charge >= 0.3 is 0 Å². The molecule has 33 heavy (non-hydrogen) atoms. The number of benzene rings is 2. The number of carbonyl (C=O) groups is 1. The largest absolute Gasteiger partial charge is 0.479 e. The molecule has 170 valence electrons. The first-order valence-corrected chi connectivity index (χ1v) is 12.1. The Morgan fingerprint density at radius 1 is 1.03 bits per heavy atom. The number of thiophene rings is 1. The fourth-order valence-corrected chi connectivity index (χ4v) is 4.50. The molecule has 0 radical (unpaired) electrons. The van der Waals surface area contributed by atoms with Gasteiger partial charge in [0, 0.05) is 22.6 Å². The summed E-state index contributed by atoms with van der Waals surface area (Å²) in [5.74, 6) is 1.20. The van der Waals surface area contributed by atoms with Gasteiger partial charge in [-0.3, -0.25) is 4.79 Å². The molecule has 0 atom stereocenters. The van der Waals surface area contributed by atoms with Crippen molar-refractivity contribution >= 4 is 54.7 Å². The van der Waals surface area contributed by atoms with Crippen LogP contribution >= 0.6 is 22.7 Å². The Morgan fingerprint density at radius 3 is 2.42 bits per heavy atom. The molecule has 0 spiro atoms. The summed E-state index contributed by atoms with van der Waals surface area (Å²) in [5.41, 5.74) is 0.927. The van der Waals surface area contributed by atoms with Crippen LogP contribution in [0, 0.1) is 0 Å². The maximum Gasteiger partial charge on any atom is 0.241 e. The number of rotatable bonds is 3. The molecule has 0 aliphatic heterocycles. The van der Waals surface area contributed by atoms with Gasteiger partial charge in [0.05, 0.1) is 23.5 Å². The molecule has 1 N–H and O–H groups in total. The lowest BCUT2D eigenvalue weighted by Gasteiger charge is -2.00. The number of hydrogen-bond donors (Lipinski definition) is 1. The van der Waals surface area contributed by atoms with Crippen molar-refractivity contribution in [3.8, 4) is 5.88 Å². The van der Waals surface area contributed by atoms with Crippen LogP contribution in [0.1, 0.15) is 31.6 Å². The normalized spacial score (nSPS) is 10.2. The van der Waals surface area contributed by atoms with E-state index in [1.807, 2.05) is 59.9 Å². The second-order valence-electron chi connectivity index (χ2n) is 7.28. The van der Waals surface area contributed by atoms with Crippen molar-refractivity contribution in [3.63, 3.8) is 0 Å². The highest BCUT2D eigenvalue weighted by Gasteiger charge is 2.03. The summed E-state index contributed by atoms with van der Waals surface area (Å²) < 4.78 is 6.14. The maximum absolute atomic E-state index is 10.7. The van der Waals surface area contributed by atoms with Crippen molar-refractivity contribution in [1.82, 2.24) is 15.2 Å². The van der Waals surface area contributed by atoms with Crippen LogP contribution in [0.15, 0.2) is 72.2 Å². The number of hydrogen-bond acceptors (Lipinski definition) is 7. The quantitative estimate of drug-likeness (QED) is 0.310. The van der Waals surface area contributed by atoms with Crippen molar-refractivity contribution in [2.45, 2.75) is 26.7 Å². The molecule has 0 saturated carbocycles. The third-order valence-electron chi connectivity index (χ3n) is 4.42. The number of ether oxygens (including phenoxy) is 1. The van der Waals surface area contributed by atoms with Gasteiger partial charge in [-0.25, -0.2) is 4.98 Å². The van der Waals surface area contributed by atoms with E-state index in [1.165, 1.54) is 23.1 Å². The van der Waals surface area contributed by atoms with Crippen LogP contribution in [0.5, 0.6) is 5.88 Å². The number of aromatic nitrogens is 3. The minimum atomic E-state index is -0.0842. The zero-order chi connectivity index (χ0) is 23.6. The molecule has 0 aliphatic rings. The van der Waals surface area contributed by atoms with Gasteiger partial charge in [-0.15, -0.1) is 16.4 Å². The summed E-state index contributed by atoms with van der Waals surface area (Å²) in [4.78, 5) is 16.5. The fraction of sp³-hybridized carbons (Fsp3) is 0.200. The summed E-state index contributed by atoms with van der Waals surface area (Å²) >= 11 is 3.31. The van der Waals surface area contributed by atoms with Crippen LogP contribution in [0.2, 0.25) is 0 Å². The average Bonchev–Trinajstić information content (AvgIpc) is 3.49. The molecule has 8 heteroatoms. The lowest BCUT2D eigenvalue weighted by molar-refractivity contribution is -0.114. The Morgan fingerprint density at radius 2 is 1.79 bits per heavy atom. The van der Waals surface area contributed by atoms with E-state index in [1.54, 1.807) is 13.3 Å². The van der Waals surface area contributed by atoms with Gasteiger partial charge in [-0.1, -0.05) is 61.6 Å². The number of methoxy groups -OCH3 is 1. The van der Waals surface area contributed by atoms with E-state index < -0.39 is 0 Å². The van der Waals surface area contributed by atoms with Gasteiger partial charge in [0.2, 0.25) is 11.8 Å². The van der Waals surface area contributed by atoms with E-state index in [4.69, 9.17) is 4.74 Å². The SMILES string of the molecule is CC(=O)Nc1nc2ccccc2s1.CC(C)c1cccs1.COc1nncc2ccccc12. The topological polar surface area (TPSA) is 77.0 Å². The van der Waals surface area contributed by atoms with Crippen molar-refractivity contribution < 1.29 is 9.53 Å². The molecule has 6 nitrogen and oxygen atoms in total. The summed E-state index contributed by atoms with van der Waals surface area (Å²) in [7, 11) is 1.59. The van der Waals surface area contributed by atoms with Crippen LogP contribution in [0.4, 0.5) is 5.13 Å². The maximum atomic E-state index is 10.7. The zero-order valence-electron chi connectivity index (χ0n) is 19.0. The van der Waals surface area contributed by atoms with Crippen molar-refractivity contribution in [2.75, 3.05) is 12.4 Å².